The summed E-state index contributed by atoms with van der Waals surface area (Å²) in [6, 6.07) is 13.5. The summed E-state index contributed by atoms with van der Waals surface area (Å²) in [5.41, 5.74) is 9.24. The van der Waals surface area contributed by atoms with Gasteiger partial charge in [-0.3, -0.25) is 4.98 Å². The highest BCUT2D eigenvalue weighted by Crippen LogP contribution is 2.35. The number of anilines is 1. The number of nitrogens with two attached hydrogens (primary N) is 1. The summed E-state index contributed by atoms with van der Waals surface area (Å²) in [6.45, 7) is 0. The van der Waals surface area contributed by atoms with Crippen LogP contribution >= 0.6 is 27.5 Å². The maximum Gasteiger partial charge on any atom is 0.157 e. The quantitative estimate of drug-likeness (QED) is 0.457. The number of fused-ring (bicyclic) bond motifs is 1. The summed E-state index contributed by atoms with van der Waals surface area (Å²) in [5, 5.41) is 1.40. The lowest BCUT2D eigenvalue weighted by molar-refractivity contribution is 0.628. The highest BCUT2D eigenvalue weighted by atomic mass is 79.9. The normalized spacial score (nSPS) is 11.0. The van der Waals surface area contributed by atoms with Gasteiger partial charge in [0.15, 0.2) is 5.82 Å². The molecule has 0 aliphatic rings. The molecular weight excluding hydrogens is 419 g/mol. The number of nitrogen functional groups attached to an aromatic ring is 1. The van der Waals surface area contributed by atoms with Crippen molar-refractivity contribution in [2.45, 2.75) is 0 Å². The molecule has 2 aromatic heterocycles. The van der Waals surface area contributed by atoms with Crippen LogP contribution in [-0.4, -0.2) is 15.0 Å². The number of benzene rings is 2. The van der Waals surface area contributed by atoms with E-state index < -0.39 is 0 Å². The molecule has 0 atom stereocenters. The van der Waals surface area contributed by atoms with E-state index in [2.05, 4.69) is 30.9 Å². The number of nitrogens with zero attached hydrogens (tertiary/aromatic N) is 3. The summed E-state index contributed by atoms with van der Waals surface area (Å²) in [6.07, 6.45) is 1.69. The van der Waals surface area contributed by atoms with Gasteiger partial charge in [0.05, 0.1) is 21.9 Å². The van der Waals surface area contributed by atoms with Gasteiger partial charge in [0.2, 0.25) is 0 Å². The predicted octanol–water partition coefficient (Wildman–Crippen LogP) is 5.50. The third-order valence-electron chi connectivity index (χ3n) is 3.93. The van der Waals surface area contributed by atoms with Crippen molar-refractivity contribution in [3.05, 3.63) is 70.2 Å². The van der Waals surface area contributed by atoms with Crippen molar-refractivity contribution >= 4 is 44.3 Å². The summed E-state index contributed by atoms with van der Waals surface area (Å²) in [7, 11) is 0. The Hall–Kier alpha value is -2.57. The van der Waals surface area contributed by atoms with E-state index in [1.165, 1.54) is 12.1 Å². The van der Waals surface area contributed by atoms with Crippen molar-refractivity contribution in [1.29, 1.82) is 0 Å². The Morgan fingerprint density at radius 3 is 2.46 bits per heavy atom. The number of hydrogen-bond donors (Lipinski definition) is 1. The van der Waals surface area contributed by atoms with E-state index >= 15 is 0 Å². The average Bonchev–Trinajstić information content (AvgIpc) is 2.64. The average molecular weight is 430 g/mol. The molecule has 4 nitrogen and oxygen atoms in total. The highest BCUT2D eigenvalue weighted by Gasteiger charge is 2.16. The summed E-state index contributed by atoms with van der Waals surface area (Å²) >= 11 is 9.73. The van der Waals surface area contributed by atoms with E-state index in [4.69, 9.17) is 17.3 Å². The van der Waals surface area contributed by atoms with Crippen molar-refractivity contribution in [2.24, 2.45) is 0 Å². The van der Waals surface area contributed by atoms with Gasteiger partial charge >= 0.3 is 0 Å². The first-order valence-electron chi connectivity index (χ1n) is 7.66. The maximum absolute atomic E-state index is 13.3. The lowest BCUT2D eigenvalue weighted by atomic mass is 10.0. The monoisotopic (exact) mass is 428 g/mol. The Morgan fingerprint density at radius 1 is 0.962 bits per heavy atom. The van der Waals surface area contributed by atoms with Gasteiger partial charge in [0, 0.05) is 22.7 Å². The fourth-order valence-corrected chi connectivity index (χ4v) is 3.26. The van der Waals surface area contributed by atoms with Crippen LogP contribution < -0.4 is 5.73 Å². The van der Waals surface area contributed by atoms with Crippen molar-refractivity contribution in [2.75, 3.05) is 5.73 Å². The van der Waals surface area contributed by atoms with Gasteiger partial charge in [-0.15, -0.1) is 0 Å². The molecular formula is C19H11BrClFN4. The van der Waals surface area contributed by atoms with E-state index in [9.17, 15) is 4.39 Å². The van der Waals surface area contributed by atoms with Gasteiger partial charge in [-0.25, -0.2) is 14.4 Å². The Balaban J connectivity index is 1.99. The zero-order chi connectivity index (χ0) is 18.3. The molecule has 26 heavy (non-hydrogen) atoms. The molecule has 0 aliphatic carbocycles. The second-order valence-electron chi connectivity index (χ2n) is 5.64. The summed E-state index contributed by atoms with van der Waals surface area (Å²) in [5.74, 6) is -0.0743. The van der Waals surface area contributed by atoms with Crippen molar-refractivity contribution in [3.8, 4) is 22.5 Å². The van der Waals surface area contributed by atoms with Crippen LogP contribution in [0.3, 0.4) is 0 Å². The molecule has 4 rings (SSSR count). The molecule has 4 aromatic rings. The lowest BCUT2D eigenvalue weighted by Gasteiger charge is -2.12. The minimum atomic E-state index is -0.326. The molecule has 0 unspecified atom stereocenters. The maximum atomic E-state index is 13.3. The van der Waals surface area contributed by atoms with Gasteiger partial charge in [0.1, 0.15) is 10.4 Å². The zero-order valence-corrected chi connectivity index (χ0v) is 15.6. The third kappa shape index (κ3) is 3.02. The van der Waals surface area contributed by atoms with Gasteiger partial charge in [-0.1, -0.05) is 17.7 Å². The first-order chi connectivity index (χ1) is 12.5. The van der Waals surface area contributed by atoms with Crippen LogP contribution in [-0.2, 0) is 0 Å². The van der Waals surface area contributed by atoms with Gasteiger partial charge < -0.3 is 5.73 Å². The van der Waals surface area contributed by atoms with Crippen molar-refractivity contribution in [3.63, 3.8) is 0 Å². The molecule has 2 N–H and O–H groups in total. The van der Waals surface area contributed by atoms with Crippen LogP contribution in [0.1, 0.15) is 0 Å². The fourth-order valence-electron chi connectivity index (χ4n) is 2.72. The van der Waals surface area contributed by atoms with E-state index in [1.807, 2.05) is 18.2 Å². The van der Waals surface area contributed by atoms with Gasteiger partial charge in [-0.05, 0) is 58.4 Å². The Kier molecular flexibility index (Phi) is 4.30. The minimum Gasteiger partial charge on any atom is -0.381 e. The molecule has 2 aromatic carbocycles. The van der Waals surface area contributed by atoms with Crippen LogP contribution in [0.4, 0.5) is 10.2 Å². The van der Waals surface area contributed by atoms with E-state index in [0.29, 0.717) is 32.1 Å². The Labute approximate surface area is 162 Å². The predicted molar refractivity (Wildman–Crippen MR) is 105 cm³/mol. The molecule has 0 spiro atoms. The van der Waals surface area contributed by atoms with Crippen LogP contribution in [0.5, 0.6) is 0 Å². The molecule has 7 heteroatoms. The molecule has 0 radical (unpaired) electrons. The van der Waals surface area contributed by atoms with Crippen LogP contribution in [0.15, 0.2) is 59.3 Å². The van der Waals surface area contributed by atoms with E-state index in [-0.39, 0.29) is 11.6 Å². The smallest absolute Gasteiger partial charge is 0.157 e. The second-order valence-corrected chi connectivity index (χ2v) is 6.80. The number of aromatic nitrogens is 3. The lowest BCUT2D eigenvalue weighted by Crippen LogP contribution is -2.00. The number of rotatable bonds is 2. The van der Waals surface area contributed by atoms with Crippen LogP contribution in [0, 0.1) is 5.82 Å². The minimum absolute atomic E-state index is 0.252. The molecule has 0 aliphatic heterocycles. The first-order valence-corrected chi connectivity index (χ1v) is 8.83. The molecule has 0 fully saturated rings. The number of halogens is 3. The summed E-state index contributed by atoms with van der Waals surface area (Å²) < 4.78 is 13.7. The van der Waals surface area contributed by atoms with Crippen LogP contribution in [0.2, 0.25) is 5.02 Å². The third-order valence-corrected chi connectivity index (χ3v) is 4.80. The standard InChI is InChI=1S/C19H11BrClFN4/c20-18-19(23)26-16(10-3-5-13(22)6-4-10)17(25-18)12-8-11-2-1-7-24-15(11)14(21)9-12/h1-9H,(H2,23,26). The van der Waals surface area contributed by atoms with Crippen molar-refractivity contribution < 1.29 is 4.39 Å². The first kappa shape index (κ1) is 16.9. The summed E-state index contributed by atoms with van der Waals surface area (Å²) in [4.78, 5) is 13.3. The zero-order valence-electron chi connectivity index (χ0n) is 13.2. The SMILES string of the molecule is Nc1nc(-c2ccc(F)cc2)c(-c2cc(Cl)c3ncccc3c2)nc1Br. The Morgan fingerprint density at radius 2 is 1.69 bits per heavy atom. The topological polar surface area (TPSA) is 64.7 Å². The molecule has 0 amide bonds. The molecule has 0 saturated heterocycles. The van der Waals surface area contributed by atoms with Gasteiger partial charge in [0.25, 0.3) is 0 Å². The van der Waals surface area contributed by atoms with Crippen LogP contribution in [0.25, 0.3) is 33.4 Å². The number of pyridine rings is 1. The van der Waals surface area contributed by atoms with E-state index in [1.54, 1.807) is 24.4 Å². The van der Waals surface area contributed by atoms with Crippen molar-refractivity contribution in [1.82, 2.24) is 15.0 Å². The number of hydrogen-bond acceptors (Lipinski definition) is 4. The second kappa shape index (κ2) is 6.63. The molecule has 0 bridgehead atoms. The van der Waals surface area contributed by atoms with Gasteiger partial charge in [-0.2, -0.15) is 0 Å². The molecule has 0 saturated carbocycles. The molecule has 2 heterocycles. The largest absolute Gasteiger partial charge is 0.381 e. The molecule has 128 valence electrons. The Bertz CT molecular complexity index is 1130. The van der Waals surface area contributed by atoms with E-state index in [0.717, 1.165) is 10.9 Å². The highest BCUT2D eigenvalue weighted by molar-refractivity contribution is 9.10. The fraction of sp³-hybridized carbons (Fsp3) is 0.